The zero-order chi connectivity index (χ0) is 15.6. The lowest BCUT2D eigenvalue weighted by atomic mass is 10.1. The molecule has 0 N–H and O–H groups in total. The summed E-state index contributed by atoms with van der Waals surface area (Å²) in [7, 11) is -2.00. The van der Waals surface area contributed by atoms with Crippen molar-refractivity contribution >= 4 is 33.0 Å². The van der Waals surface area contributed by atoms with Gasteiger partial charge in [0.2, 0.25) is 10.0 Å². The first-order chi connectivity index (χ1) is 9.86. The fourth-order valence-electron chi connectivity index (χ4n) is 2.04. The Morgan fingerprint density at radius 3 is 2.62 bits per heavy atom. The molecule has 0 aliphatic rings. The van der Waals surface area contributed by atoms with E-state index in [-0.39, 0.29) is 6.54 Å². The van der Waals surface area contributed by atoms with E-state index in [1.807, 2.05) is 25.3 Å². The molecule has 0 bridgehead atoms. The molecule has 2 aromatic rings. The van der Waals surface area contributed by atoms with Crippen molar-refractivity contribution in [2.45, 2.75) is 31.2 Å². The van der Waals surface area contributed by atoms with Crippen molar-refractivity contribution in [3.05, 3.63) is 45.4 Å². The highest BCUT2D eigenvalue weighted by molar-refractivity contribution is 7.89. The van der Waals surface area contributed by atoms with Gasteiger partial charge in [0.05, 0.1) is 22.6 Å². The molecule has 0 spiro atoms. The van der Waals surface area contributed by atoms with Crippen LogP contribution in [0.2, 0.25) is 0 Å². The maximum atomic E-state index is 12.8. The second-order valence-electron chi connectivity index (χ2n) is 4.91. The SMILES string of the molecule is Cc1cc(CCl)cc(S(=O)(=O)N(C)Cc2cscn2)c1C. The van der Waals surface area contributed by atoms with Gasteiger partial charge in [-0.15, -0.1) is 22.9 Å². The predicted molar refractivity (Wildman–Crippen MR) is 86.2 cm³/mol. The van der Waals surface area contributed by atoms with Gasteiger partial charge in [0.15, 0.2) is 0 Å². The van der Waals surface area contributed by atoms with Crippen molar-refractivity contribution < 1.29 is 8.42 Å². The molecule has 0 radical (unpaired) electrons. The van der Waals surface area contributed by atoms with E-state index in [1.54, 1.807) is 18.6 Å². The number of alkyl halides is 1. The highest BCUT2D eigenvalue weighted by Gasteiger charge is 2.24. The largest absolute Gasteiger partial charge is 0.248 e. The molecule has 0 amide bonds. The number of aryl methyl sites for hydroxylation is 1. The van der Waals surface area contributed by atoms with Crippen molar-refractivity contribution in [3.63, 3.8) is 0 Å². The van der Waals surface area contributed by atoms with Gasteiger partial charge in [-0.25, -0.2) is 13.4 Å². The third kappa shape index (κ3) is 3.45. The van der Waals surface area contributed by atoms with E-state index in [4.69, 9.17) is 11.6 Å². The van der Waals surface area contributed by atoms with Crippen LogP contribution in [0.15, 0.2) is 27.9 Å². The van der Waals surface area contributed by atoms with Crippen LogP contribution in [0.1, 0.15) is 22.4 Å². The van der Waals surface area contributed by atoms with Crippen LogP contribution >= 0.6 is 22.9 Å². The Morgan fingerprint density at radius 1 is 1.33 bits per heavy atom. The summed E-state index contributed by atoms with van der Waals surface area (Å²) in [6.07, 6.45) is 0. The van der Waals surface area contributed by atoms with Gasteiger partial charge >= 0.3 is 0 Å². The monoisotopic (exact) mass is 344 g/mol. The molecular formula is C14H17ClN2O2S2. The molecule has 0 aliphatic carbocycles. The van der Waals surface area contributed by atoms with E-state index in [0.717, 1.165) is 22.4 Å². The standard InChI is InChI=1S/C14H17ClN2O2S2/c1-10-4-12(6-15)5-14(11(10)2)21(18,19)17(3)7-13-8-20-9-16-13/h4-5,8-9H,6-7H2,1-3H3. The number of hydrogen-bond donors (Lipinski definition) is 0. The molecular weight excluding hydrogens is 328 g/mol. The van der Waals surface area contributed by atoms with E-state index >= 15 is 0 Å². The lowest BCUT2D eigenvalue weighted by Gasteiger charge is -2.19. The van der Waals surface area contributed by atoms with Crippen LogP contribution in [0.25, 0.3) is 0 Å². The summed E-state index contributed by atoms with van der Waals surface area (Å²) in [4.78, 5) is 4.44. The number of nitrogens with zero attached hydrogens (tertiary/aromatic N) is 2. The van der Waals surface area contributed by atoms with Crippen molar-refractivity contribution in [3.8, 4) is 0 Å². The third-order valence-corrected chi connectivity index (χ3v) is 6.26. The molecule has 1 heterocycles. The molecule has 7 heteroatoms. The van der Waals surface area contributed by atoms with Crippen LogP contribution in [-0.2, 0) is 22.4 Å². The number of halogens is 1. The molecule has 0 saturated heterocycles. The topological polar surface area (TPSA) is 50.3 Å². The predicted octanol–water partition coefficient (Wildman–Crippen LogP) is 3.32. The Balaban J connectivity index is 2.41. The van der Waals surface area contributed by atoms with Crippen LogP contribution in [0.4, 0.5) is 0 Å². The maximum absolute atomic E-state index is 12.8. The zero-order valence-corrected chi connectivity index (χ0v) is 14.5. The summed E-state index contributed by atoms with van der Waals surface area (Å²) >= 11 is 7.30. The number of hydrogen-bond acceptors (Lipinski definition) is 4. The summed E-state index contributed by atoms with van der Waals surface area (Å²) in [5.41, 5.74) is 4.93. The van der Waals surface area contributed by atoms with Gasteiger partial charge in [-0.2, -0.15) is 4.31 Å². The number of sulfonamides is 1. The minimum absolute atomic E-state index is 0.259. The van der Waals surface area contributed by atoms with E-state index in [1.165, 1.54) is 15.6 Å². The van der Waals surface area contributed by atoms with Gasteiger partial charge in [0, 0.05) is 18.3 Å². The van der Waals surface area contributed by atoms with Crippen LogP contribution in [-0.4, -0.2) is 24.8 Å². The van der Waals surface area contributed by atoms with Crippen LogP contribution in [0, 0.1) is 13.8 Å². The van der Waals surface area contributed by atoms with Crippen molar-refractivity contribution in [2.75, 3.05) is 7.05 Å². The summed E-state index contributed by atoms with van der Waals surface area (Å²) in [5.74, 6) is 0.291. The lowest BCUT2D eigenvalue weighted by molar-refractivity contribution is 0.462. The van der Waals surface area contributed by atoms with E-state index < -0.39 is 10.0 Å². The number of rotatable bonds is 5. The van der Waals surface area contributed by atoms with E-state index in [9.17, 15) is 8.42 Å². The van der Waals surface area contributed by atoms with Crippen molar-refractivity contribution in [1.82, 2.24) is 9.29 Å². The summed E-state index contributed by atoms with van der Waals surface area (Å²) in [6, 6.07) is 3.57. The van der Waals surface area contributed by atoms with Crippen molar-refractivity contribution in [2.24, 2.45) is 0 Å². The highest BCUT2D eigenvalue weighted by atomic mass is 35.5. The first kappa shape index (κ1) is 16.4. The molecule has 4 nitrogen and oxygen atoms in total. The average Bonchev–Trinajstić information content (AvgIpc) is 2.94. The molecule has 0 saturated carbocycles. The summed E-state index contributed by atoms with van der Waals surface area (Å²) in [5, 5.41) is 1.85. The van der Waals surface area contributed by atoms with Crippen LogP contribution in [0.5, 0.6) is 0 Å². The van der Waals surface area contributed by atoms with Gasteiger partial charge in [0.1, 0.15) is 0 Å². The fourth-order valence-corrected chi connectivity index (χ4v) is 4.23. The first-order valence-electron chi connectivity index (χ1n) is 6.35. The Morgan fingerprint density at radius 2 is 2.05 bits per heavy atom. The molecule has 2 rings (SSSR count). The number of thiazole rings is 1. The second-order valence-corrected chi connectivity index (χ2v) is 7.91. The van der Waals surface area contributed by atoms with Crippen molar-refractivity contribution in [1.29, 1.82) is 0 Å². The average molecular weight is 345 g/mol. The van der Waals surface area contributed by atoms with E-state index in [2.05, 4.69) is 4.98 Å². The van der Waals surface area contributed by atoms with Gasteiger partial charge < -0.3 is 0 Å². The quantitative estimate of drug-likeness (QED) is 0.782. The summed E-state index contributed by atoms with van der Waals surface area (Å²) < 4.78 is 26.8. The number of benzene rings is 1. The van der Waals surface area contributed by atoms with E-state index in [0.29, 0.717) is 10.8 Å². The molecule has 114 valence electrons. The molecule has 21 heavy (non-hydrogen) atoms. The molecule has 0 unspecified atom stereocenters. The molecule has 1 aromatic heterocycles. The Kier molecular flexibility index (Phi) is 5.03. The normalized spacial score (nSPS) is 12.0. The molecule has 0 fully saturated rings. The lowest BCUT2D eigenvalue weighted by Crippen LogP contribution is -2.27. The number of aromatic nitrogens is 1. The minimum Gasteiger partial charge on any atom is -0.248 e. The van der Waals surface area contributed by atoms with Gasteiger partial charge in [-0.1, -0.05) is 6.07 Å². The van der Waals surface area contributed by atoms with Gasteiger partial charge in [-0.3, -0.25) is 0 Å². The second kappa shape index (κ2) is 6.44. The zero-order valence-electron chi connectivity index (χ0n) is 12.1. The Hall–Kier alpha value is -0.950. The van der Waals surface area contributed by atoms with Gasteiger partial charge in [-0.05, 0) is 36.6 Å². The Bertz CT molecular complexity index is 728. The summed E-state index contributed by atoms with van der Waals surface area (Å²) in [6.45, 7) is 3.97. The molecule has 0 atom stereocenters. The fraction of sp³-hybridized carbons (Fsp3) is 0.357. The third-order valence-electron chi connectivity index (χ3n) is 3.39. The smallest absolute Gasteiger partial charge is 0.243 e. The van der Waals surface area contributed by atoms with Gasteiger partial charge in [0.25, 0.3) is 0 Å². The Labute approximate surface area is 134 Å². The maximum Gasteiger partial charge on any atom is 0.243 e. The molecule has 1 aromatic carbocycles. The first-order valence-corrected chi connectivity index (χ1v) is 9.27. The van der Waals surface area contributed by atoms with Crippen LogP contribution < -0.4 is 0 Å². The highest BCUT2D eigenvalue weighted by Crippen LogP contribution is 2.25. The molecule has 0 aliphatic heterocycles. The minimum atomic E-state index is -3.56. The van der Waals surface area contributed by atoms with Crippen LogP contribution in [0.3, 0.4) is 0 Å².